The number of amides is 1. The second-order valence-corrected chi connectivity index (χ2v) is 7.98. The average molecular weight is 371 g/mol. The SMILES string of the molecule is CCCCCCCCCCCC(=O)NN=C1CCC(c2ccccc2)CC1. The third-order valence-electron chi connectivity index (χ3n) is 5.68. The van der Waals surface area contributed by atoms with Crippen LogP contribution in [0, 0.1) is 0 Å². The van der Waals surface area contributed by atoms with E-state index >= 15 is 0 Å². The van der Waals surface area contributed by atoms with Crippen LogP contribution < -0.4 is 5.43 Å². The highest BCUT2D eigenvalue weighted by Gasteiger charge is 2.19. The van der Waals surface area contributed by atoms with Crippen LogP contribution in [0.5, 0.6) is 0 Å². The zero-order chi connectivity index (χ0) is 19.2. The standard InChI is InChI=1S/C24H38N2O/c1-2-3-4-5-6-7-8-9-13-16-24(27)26-25-23-19-17-22(18-20-23)21-14-11-10-12-15-21/h10-12,14-15,22H,2-9,13,16-20H2,1H3,(H,26,27). The lowest BCUT2D eigenvalue weighted by Gasteiger charge is -2.23. The van der Waals surface area contributed by atoms with E-state index in [0.29, 0.717) is 12.3 Å². The highest BCUT2D eigenvalue weighted by molar-refractivity contribution is 5.87. The first-order chi connectivity index (χ1) is 13.3. The van der Waals surface area contributed by atoms with Crippen LogP contribution in [0.25, 0.3) is 0 Å². The minimum absolute atomic E-state index is 0.0793. The molecule has 2 rings (SSSR count). The summed E-state index contributed by atoms with van der Waals surface area (Å²) in [4.78, 5) is 12.0. The first kappa shape index (κ1) is 21.7. The van der Waals surface area contributed by atoms with Crippen molar-refractivity contribution in [3.63, 3.8) is 0 Å². The molecule has 0 radical (unpaired) electrons. The summed E-state index contributed by atoms with van der Waals surface area (Å²) in [6.45, 7) is 2.26. The number of hydrogen-bond donors (Lipinski definition) is 1. The highest BCUT2D eigenvalue weighted by atomic mass is 16.2. The molecule has 1 saturated carbocycles. The third-order valence-corrected chi connectivity index (χ3v) is 5.68. The molecule has 0 aromatic heterocycles. The van der Waals surface area contributed by atoms with E-state index in [1.54, 1.807) is 0 Å². The first-order valence-corrected chi connectivity index (χ1v) is 11.2. The fraction of sp³-hybridized carbons (Fsp3) is 0.667. The van der Waals surface area contributed by atoms with Gasteiger partial charge in [-0.1, -0.05) is 88.6 Å². The van der Waals surface area contributed by atoms with Gasteiger partial charge in [0, 0.05) is 12.1 Å². The summed E-state index contributed by atoms with van der Waals surface area (Å²) in [5.74, 6) is 0.721. The Hall–Kier alpha value is -1.64. The van der Waals surface area contributed by atoms with Crippen molar-refractivity contribution in [3.8, 4) is 0 Å². The topological polar surface area (TPSA) is 41.5 Å². The maximum Gasteiger partial charge on any atom is 0.240 e. The summed E-state index contributed by atoms with van der Waals surface area (Å²) >= 11 is 0. The van der Waals surface area contributed by atoms with Crippen LogP contribution in [0.4, 0.5) is 0 Å². The molecule has 150 valence electrons. The number of hydrazone groups is 1. The fourth-order valence-corrected chi connectivity index (χ4v) is 3.91. The summed E-state index contributed by atoms with van der Waals surface area (Å²) in [5.41, 5.74) is 5.37. The normalized spacial score (nSPS) is 16.9. The van der Waals surface area contributed by atoms with Crippen LogP contribution >= 0.6 is 0 Å². The molecule has 1 aromatic carbocycles. The van der Waals surface area contributed by atoms with Gasteiger partial charge < -0.3 is 0 Å². The number of nitrogens with one attached hydrogen (secondary N) is 1. The van der Waals surface area contributed by atoms with E-state index in [4.69, 9.17) is 0 Å². The van der Waals surface area contributed by atoms with Gasteiger partial charge in [-0.05, 0) is 43.6 Å². The van der Waals surface area contributed by atoms with E-state index < -0.39 is 0 Å². The number of unbranched alkanes of at least 4 members (excludes halogenated alkanes) is 8. The fourth-order valence-electron chi connectivity index (χ4n) is 3.91. The second kappa shape index (κ2) is 13.5. The number of benzene rings is 1. The monoisotopic (exact) mass is 370 g/mol. The lowest BCUT2D eigenvalue weighted by molar-refractivity contribution is -0.121. The van der Waals surface area contributed by atoms with Crippen LogP contribution in [0.1, 0.15) is 108 Å². The smallest absolute Gasteiger partial charge is 0.240 e. The van der Waals surface area contributed by atoms with Gasteiger partial charge >= 0.3 is 0 Å². The van der Waals surface area contributed by atoms with E-state index in [-0.39, 0.29) is 5.91 Å². The van der Waals surface area contributed by atoms with Gasteiger partial charge in [0.1, 0.15) is 0 Å². The molecule has 3 nitrogen and oxygen atoms in total. The predicted molar refractivity (Wildman–Crippen MR) is 115 cm³/mol. The van der Waals surface area contributed by atoms with Crippen LogP contribution in [-0.2, 0) is 4.79 Å². The Kier molecular flexibility index (Phi) is 10.8. The van der Waals surface area contributed by atoms with Crippen molar-refractivity contribution in [1.29, 1.82) is 0 Å². The second-order valence-electron chi connectivity index (χ2n) is 7.98. The molecule has 1 aromatic rings. The molecule has 1 amide bonds. The minimum atomic E-state index is 0.0793. The summed E-state index contributed by atoms with van der Waals surface area (Å²) < 4.78 is 0. The first-order valence-electron chi connectivity index (χ1n) is 11.2. The van der Waals surface area contributed by atoms with Gasteiger partial charge in [-0.2, -0.15) is 5.10 Å². The molecule has 0 bridgehead atoms. The van der Waals surface area contributed by atoms with Gasteiger partial charge in [-0.15, -0.1) is 0 Å². The van der Waals surface area contributed by atoms with Gasteiger partial charge in [-0.25, -0.2) is 5.43 Å². The van der Waals surface area contributed by atoms with Crippen LogP contribution in [-0.4, -0.2) is 11.6 Å². The van der Waals surface area contributed by atoms with Crippen molar-refractivity contribution in [2.75, 3.05) is 0 Å². The van der Waals surface area contributed by atoms with E-state index in [0.717, 1.165) is 44.2 Å². The molecule has 1 N–H and O–H groups in total. The van der Waals surface area contributed by atoms with Crippen molar-refractivity contribution < 1.29 is 4.79 Å². The number of hydrogen-bond acceptors (Lipinski definition) is 2. The molecule has 0 atom stereocenters. The number of carbonyl (C=O) groups is 1. The van der Waals surface area contributed by atoms with Crippen molar-refractivity contribution in [3.05, 3.63) is 35.9 Å². The van der Waals surface area contributed by atoms with Crippen LogP contribution in [0.3, 0.4) is 0 Å². The number of carbonyl (C=O) groups excluding carboxylic acids is 1. The van der Waals surface area contributed by atoms with Crippen molar-refractivity contribution in [2.45, 2.75) is 103 Å². The molecule has 27 heavy (non-hydrogen) atoms. The van der Waals surface area contributed by atoms with Crippen molar-refractivity contribution >= 4 is 11.6 Å². The number of rotatable bonds is 12. The Morgan fingerprint density at radius 2 is 1.52 bits per heavy atom. The molecular formula is C24H38N2O. The molecule has 0 spiro atoms. The van der Waals surface area contributed by atoms with Crippen molar-refractivity contribution in [2.24, 2.45) is 5.10 Å². The summed E-state index contributed by atoms with van der Waals surface area (Å²) in [6, 6.07) is 10.7. The Labute approximate surface area is 166 Å². The van der Waals surface area contributed by atoms with Gasteiger partial charge in [0.15, 0.2) is 0 Å². The molecule has 1 fully saturated rings. The quantitative estimate of drug-likeness (QED) is 0.321. The summed E-state index contributed by atoms with van der Waals surface area (Å²) in [6.07, 6.45) is 16.4. The van der Waals surface area contributed by atoms with Gasteiger partial charge in [0.05, 0.1) is 0 Å². The minimum Gasteiger partial charge on any atom is -0.273 e. The van der Waals surface area contributed by atoms with Crippen LogP contribution in [0.2, 0.25) is 0 Å². The van der Waals surface area contributed by atoms with Crippen molar-refractivity contribution in [1.82, 2.24) is 5.43 Å². The highest BCUT2D eigenvalue weighted by Crippen LogP contribution is 2.31. The molecule has 0 heterocycles. The molecule has 1 aliphatic rings. The maximum atomic E-state index is 12.0. The van der Waals surface area contributed by atoms with E-state index in [1.807, 2.05) is 0 Å². The lowest BCUT2D eigenvalue weighted by atomic mass is 9.83. The molecule has 1 aliphatic carbocycles. The van der Waals surface area contributed by atoms with Gasteiger partial charge in [0.25, 0.3) is 0 Å². The van der Waals surface area contributed by atoms with E-state index in [2.05, 4.69) is 47.8 Å². The largest absolute Gasteiger partial charge is 0.273 e. The van der Waals surface area contributed by atoms with Crippen LogP contribution in [0.15, 0.2) is 35.4 Å². The zero-order valence-electron chi connectivity index (χ0n) is 17.2. The summed E-state index contributed by atoms with van der Waals surface area (Å²) in [7, 11) is 0. The Morgan fingerprint density at radius 1 is 0.926 bits per heavy atom. The number of nitrogens with zero attached hydrogens (tertiary/aromatic N) is 1. The maximum absolute atomic E-state index is 12.0. The van der Waals surface area contributed by atoms with E-state index in [9.17, 15) is 4.79 Å². The van der Waals surface area contributed by atoms with E-state index in [1.165, 1.54) is 50.5 Å². The Balaban J connectivity index is 1.50. The van der Waals surface area contributed by atoms with Gasteiger partial charge in [-0.3, -0.25) is 4.79 Å². The summed E-state index contributed by atoms with van der Waals surface area (Å²) in [5, 5.41) is 4.39. The average Bonchev–Trinajstić information content (AvgIpc) is 2.72. The Morgan fingerprint density at radius 3 is 2.15 bits per heavy atom. The predicted octanol–water partition coefficient (Wildman–Crippen LogP) is 6.74. The molecular weight excluding hydrogens is 332 g/mol. The molecule has 0 saturated heterocycles. The molecule has 0 unspecified atom stereocenters. The lowest BCUT2D eigenvalue weighted by Crippen LogP contribution is -2.21. The molecule has 3 heteroatoms. The Bertz CT molecular complexity index is 543. The van der Waals surface area contributed by atoms with Gasteiger partial charge in [0.2, 0.25) is 5.91 Å². The molecule has 0 aliphatic heterocycles. The third kappa shape index (κ3) is 9.21. The zero-order valence-corrected chi connectivity index (χ0v) is 17.2.